The Labute approximate surface area is 198 Å². The van der Waals surface area contributed by atoms with Gasteiger partial charge in [-0.1, -0.05) is 24.6 Å². The van der Waals surface area contributed by atoms with Crippen molar-refractivity contribution < 1.29 is 13.1 Å². The monoisotopic (exact) mass is 569 g/mol. The van der Waals surface area contributed by atoms with E-state index in [1.54, 1.807) is 24.5 Å². The van der Waals surface area contributed by atoms with Crippen LogP contribution in [0.3, 0.4) is 0 Å². The summed E-state index contributed by atoms with van der Waals surface area (Å²) in [6, 6.07) is 4.82. The predicted molar refractivity (Wildman–Crippen MR) is 128 cm³/mol. The molecular formula is C20H20IN5O3S2. The number of hydrogen-bond donors (Lipinski definition) is 2. The van der Waals surface area contributed by atoms with Gasteiger partial charge in [0.1, 0.15) is 0 Å². The number of halogens is 1. The van der Waals surface area contributed by atoms with Crippen LogP contribution in [-0.2, 0) is 3.07 Å². The quantitative estimate of drug-likeness (QED) is 0.211. The summed E-state index contributed by atoms with van der Waals surface area (Å²) in [5.74, 6) is 0.302. The summed E-state index contributed by atoms with van der Waals surface area (Å²) in [5, 5.41) is 14.5. The van der Waals surface area contributed by atoms with Crippen molar-refractivity contribution in [3.05, 3.63) is 52.8 Å². The molecule has 2 heterocycles. The van der Waals surface area contributed by atoms with Gasteiger partial charge in [0.25, 0.3) is 27.4 Å². The van der Waals surface area contributed by atoms with E-state index in [9.17, 15) is 13.1 Å². The summed E-state index contributed by atoms with van der Waals surface area (Å²) in [7, 11) is 0. The molecule has 0 aliphatic heterocycles. The summed E-state index contributed by atoms with van der Waals surface area (Å²) in [5.41, 5.74) is 2.60. The molecule has 2 aromatic heterocycles. The molecule has 1 fully saturated rings. The first-order valence-electron chi connectivity index (χ1n) is 9.67. The Morgan fingerprint density at radius 2 is 2.03 bits per heavy atom. The molecule has 1 aliphatic rings. The Morgan fingerprint density at radius 3 is 2.68 bits per heavy atom. The zero-order valence-corrected chi connectivity index (χ0v) is 20.4. The Kier molecular flexibility index (Phi) is 7.25. The van der Waals surface area contributed by atoms with Crippen molar-refractivity contribution in [2.24, 2.45) is 0 Å². The average molecular weight is 569 g/mol. The average Bonchev–Trinajstić information content (AvgIpc) is 3.46. The molecule has 2 N–H and O–H groups in total. The van der Waals surface area contributed by atoms with Gasteiger partial charge in [-0.3, -0.25) is 15.3 Å². The number of carbonyl (C=O) groups excluding carboxylic acids is 1. The lowest BCUT2D eigenvalue weighted by Gasteiger charge is -2.13. The number of rotatable bonds is 7. The molecule has 11 heteroatoms. The van der Waals surface area contributed by atoms with Crippen LogP contribution >= 0.6 is 44.6 Å². The molecule has 0 spiro atoms. The summed E-state index contributed by atoms with van der Waals surface area (Å²) in [6.45, 7) is 1.91. The third-order valence-corrected chi connectivity index (χ3v) is 8.07. The van der Waals surface area contributed by atoms with Gasteiger partial charge in [-0.25, -0.2) is 18.0 Å². The van der Waals surface area contributed by atoms with E-state index in [0.29, 0.717) is 19.7 Å². The number of benzene rings is 1. The van der Waals surface area contributed by atoms with Crippen LogP contribution in [-0.4, -0.2) is 26.1 Å². The molecule has 0 radical (unpaired) electrons. The Bertz CT molecular complexity index is 1090. The number of aromatic nitrogens is 3. The first kappa shape index (κ1) is 22.2. The van der Waals surface area contributed by atoms with Crippen molar-refractivity contribution in [1.82, 2.24) is 15.0 Å². The van der Waals surface area contributed by atoms with Gasteiger partial charge in [0.05, 0.1) is 11.3 Å². The molecule has 31 heavy (non-hydrogen) atoms. The maximum atomic E-state index is 13.0. The van der Waals surface area contributed by atoms with E-state index in [2.05, 4.69) is 20.3 Å². The molecule has 1 amide bonds. The number of amides is 1. The van der Waals surface area contributed by atoms with Crippen molar-refractivity contribution in [2.75, 3.05) is 8.59 Å². The molecule has 3 aromatic rings. The fourth-order valence-corrected chi connectivity index (χ4v) is 5.88. The van der Waals surface area contributed by atoms with Gasteiger partial charge >= 0.3 is 0 Å². The molecule has 4 rings (SSSR count). The lowest BCUT2D eigenvalue weighted by atomic mass is 10.0. The van der Waals surface area contributed by atoms with Crippen LogP contribution in [0.25, 0.3) is 0 Å². The van der Waals surface area contributed by atoms with E-state index in [0.717, 1.165) is 28.4 Å². The lowest BCUT2D eigenvalue weighted by Crippen LogP contribution is -2.16. The van der Waals surface area contributed by atoms with Gasteiger partial charge in [0.2, 0.25) is 5.95 Å². The highest BCUT2D eigenvalue weighted by Crippen LogP contribution is 2.36. The number of nitrogens with zero attached hydrogens (tertiary/aromatic N) is 4. The largest absolute Gasteiger partial charge is 0.300 e. The SMILES string of the molecule is Cc1csc(Sc2ccc(N(O)I=O)cc2C(=O)Nc2ncc(C3CCCC3)cn2)n1. The van der Waals surface area contributed by atoms with Crippen LogP contribution in [0.1, 0.15) is 53.2 Å². The first-order chi connectivity index (χ1) is 15.0. The van der Waals surface area contributed by atoms with Crippen LogP contribution in [0.5, 0.6) is 0 Å². The zero-order valence-electron chi connectivity index (χ0n) is 16.6. The molecular weight excluding hydrogens is 549 g/mol. The van der Waals surface area contributed by atoms with Gasteiger partial charge in [-0.05, 0) is 49.4 Å². The minimum absolute atomic E-state index is 0.218. The first-order valence-corrected chi connectivity index (χ1v) is 13.2. The van der Waals surface area contributed by atoms with Crippen molar-refractivity contribution in [1.29, 1.82) is 0 Å². The number of carbonyl (C=O) groups is 1. The van der Waals surface area contributed by atoms with E-state index in [-0.39, 0.29) is 11.6 Å². The van der Waals surface area contributed by atoms with Gasteiger partial charge in [0, 0.05) is 28.4 Å². The van der Waals surface area contributed by atoms with Gasteiger partial charge in [-0.2, -0.15) is 3.28 Å². The molecule has 0 bridgehead atoms. The van der Waals surface area contributed by atoms with Crippen molar-refractivity contribution in [2.45, 2.75) is 47.8 Å². The zero-order chi connectivity index (χ0) is 21.8. The van der Waals surface area contributed by atoms with E-state index < -0.39 is 27.4 Å². The second-order valence-corrected chi connectivity index (χ2v) is 10.6. The van der Waals surface area contributed by atoms with Crippen molar-refractivity contribution >= 4 is 62.1 Å². The maximum Gasteiger partial charge on any atom is 0.300 e. The molecule has 1 aliphatic carbocycles. The minimum atomic E-state index is -1.81. The molecule has 0 atom stereocenters. The second kappa shape index (κ2) is 10.1. The lowest BCUT2D eigenvalue weighted by molar-refractivity contribution is 0.102. The van der Waals surface area contributed by atoms with Crippen molar-refractivity contribution in [3.8, 4) is 0 Å². The molecule has 162 valence electrons. The smallest absolute Gasteiger partial charge is 0.290 e. The summed E-state index contributed by atoms with van der Waals surface area (Å²) < 4.78 is 12.6. The molecule has 1 saturated carbocycles. The normalized spacial score (nSPS) is 14.0. The van der Waals surface area contributed by atoms with E-state index in [4.69, 9.17) is 0 Å². The number of thiazole rings is 1. The van der Waals surface area contributed by atoms with Crippen LogP contribution in [0.15, 0.2) is 45.2 Å². The second-order valence-electron chi connectivity index (χ2n) is 7.14. The third-order valence-electron chi connectivity index (χ3n) is 5.01. The standard InChI is InChI=1S/C20H20IN5O3S2/c1-12-11-30-20(24-12)31-17-7-6-15(26(29)21-28)8-16(17)18(27)25-19-22-9-14(10-23-19)13-4-2-3-5-13/h6-11,13,29H,2-5H2,1H3,(H,22,23,25,27). The number of anilines is 2. The van der Waals surface area contributed by atoms with E-state index in [1.807, 2.05) is 12.3 Å². The third kappa shape index (κ3) is 5.45. The molecule has 1 aromatic carbocycles. The van der Waals surface area contributed by atoms with Crippen LogP contribution in [0.4, 0.5) is 11.6 Å². The topological polar surface area (TPSA) is 108 Å². The Morgan fingerprint density at radius 1 is 1.29 bits per heavy atom. The minimum Gasteiger partial charge on any atom is -0.290 e. The highest BCUT2D eigenvalue weighted by Gasteiger charge is 2.20. The molecule has 8 nitrogen and oxygen atoms in total. The Hall–Kier alpha value is -1.96. The number of hydrogen-bond acceptors (Lipinski definition) is 8. The Balaban J connectivity index is 1.57. The summed E-state index contributed by atoms with van der Waals surface area (Å²) in [4.78, 5) is 26.8. The van der Waals surface area contributed by atoms with Crippen LogP contribution < -0.4 is 8.59 Å². The van der Waals surface area contributed by atoms with Gasteiger partial charge in [-0.15, -0.1) is 11.3 Å². The van der Waals surface area contributed by atoms with E-state index >= 15 is 0 Å². The fourth-order valence-electron chi connectivity index (χ4n) is 3.45. The number of aryl methyl sites for hydroxylation is 1. The van der Waals surface area contributed by atoms with Gasteiger partial charge < -0.3 is 0 Å². The summed E-state index contributed by atoms with van der Waals surface area (Å²) in [6.07, 6.45) is 8.32. The van der Waals surface area contributed by atoms with E-state index in [1.165, 1.54) is 42.0 Å². The molecule has 0 unspecified atom stereocenters. The van der Waals surface area contributed by atoms with Crippen LogP contribution in [0, 0.1) is 6.92 Å². The highest BCUT2D eigenvalue weighted by atomic mass is 127. The number of nitrogens with one attached hydrogen (secondary N) is 1. The van der Waals surface area contributed by atoms with Crippen LogP contribution in [0.2, 0.25) is 0 Å². The van der Waals surface area contributed by atoms with Gasteiger partial charge in [0.15, 0.2) is 4.34 Å². The van der Waals surface area contributed by atoms with Crippen molar-refractivity contribution in [3.63, 3.8) is 0 Å². The maximum absolute atomic E-state index is 13.0. The highest BCUT2D eigenvalue weighted by molar-refractivity contribution is 14.1. The molecule has 0 saturated heterocycles. The predicted octanol–water partition coefficient (Wildman–Crippen LogP) is 5.73. The summed E-state index contributed by atoms with van der Waals surface area (Å²) >= 11 is 1.03. The fraction of sp³-hybridized carbons (Fsp3) is 0.300.